The van der Waals surface area contributed by atoms with E-state index in [-0.39, 0.29) is 0 Å². The third-order valence-electron chi connectivity index (χ3n) is 3.35. The smallest absolute Gasteiger partial charge is 0.411 e. The fourth-order valence-electron chi connectivity index (χ4n) is 2.23. The molecule has 0 spiro atoms. The van der Waals surface area contributed by atoms with Crippen molar-refractivity contribution in [1.29, 1.82) is 0 Å². The first kappa shape index (κ1) is 15.1. The van der Waals surface area contributed by atoms with E-state index in [9.17, 15) is 4.79 Å². The van der Waals surface area contributed by atoms with Gasteiger partial charge in [0.05, 0.1) is 19.4 Å². The van der Waals surface area contributed by atoms with Crippen LogP contribution in [0.2, 0.25) is 0 Å². The molecule has 1 fully saturated rings. The van der Waals surface area contributed by atoms with Crippen molar-refractivity contribution in [2.75, 3.05) is 39.2 Å². The van der Waals surface area contributed by atoms with Gasteiger partial charge in [0.25, 0.3) is 0 Å². The number of rotatable bonds is 4. The normalized spacial score (nSPS) is 18.9. The fraction of sp³-hybridized carbons (Fsp3) is 0.500. The molecule has 1 aliphatic heterocycles. The molecular weight excluding hydrogens is 324 g/mol. The molecule has 0 unspecified atom stereocenters. The molecule has 1 aromatic carbocycles. The van der Waals surface area contributed by atoms with Crippen LogP contribution in [0.4, 0.5) is 10.5 Å². The largest absolute Gasteiger partial charge is 0.497 e. The molecule has 20 heavy (non-hydrogen) atoms. The average molecular weight is 343 g/mol. The SMILES string of the molecule is COc1ccc(NC(=O)OC[C@@H]2CCN(C)C2)c(Br)c1. The zero-order valence-corrected chi connectivity index (χ0v) is 13.3. The number of nitrogens with one attached hydrogen (secondary N) is 1. The van der Waals surface area contributed by atoms with E-state index < -0.39 is 6.09 Å². The average Bonchev–Trinajstić information content (AvgIpc) is 2.84. The van der Waals surface area contributed by atoms with E-state index in [1.165, 1.54) is 0 Å². The van der Waals surface area contributed by atoms with Crippen LogP contribution < -0.4 is 10.1 Å². The van der Waals surface area contributed by atoms with E-state index in [0.29, 0.717) is 18.2 Å². The van der Waals surface area contributed by atoms with Gasteiger partial charge in [-0.25, -0.2) is 4.79 Å². The molecule has 0 radical (unpaired) electrons. The number of hydrogen-bond donors (Lipinski definition) is 1. The fourth-order valence-corrected chi connectivity index (χ4v) is 2.68. The highest BCUT2D eigenvalue weighted by Gasteiger charge is 2.21. The van der Waals surface area contributed by atoms with Crippen LogP contribution in [0.1, 0.15) is 6.42 Å². The first-order chi connectivity index (χ1) is 9.58. The molecule has 1 heterocycles. The first-order valence-electron chi connectivity index (χ1n) is 6.54. The molecule has 1 aliphatic rings. The van der Waals surface area contributed by atoms with Gasteiger partial charge >= 0.3 is 6.09 Å². The number of hydrogen-bond acceptors (Lipinski definition) is 4. The molecule has 1 saturated heterocycles. The molecule has 2 rings (SSSR count). The van der Waals surface area contributed by atoms with Crippen LogP contribution in [-0.4, -0.2) is 44.8 Å². The van der Waals surface area contributed by atoms with E-state index in [4.69, 9.17) is 9.47 Å². The van der Waals surface area contributed by atoms with Crippen LogP contribution in [0, 0.1) is 5.92 Å². The summed E-state index contributed by atoms with van der Waals surface area (Å²) in [4.78, 5) is 14.0. The Hall–Kier alpha value is -1.27. The Kier molecular flexibility index (Phi) is 5.25. The molecule has 1 N–H and O–H groups in total. The summed E-state index contributed by atoms with van der Waals surface area (Å²) in [7, 11) is 3.68. The van der Waals surface area contributed by atoms with Crippen molar-refractivity contribution in [3.05, 3.63) is 22.7 Å². The van der Waals surface area contributed by atoms with Gasteiger partial charge in [-0.15, -0.1) is 0 Å². The number of likely N-dealkylation sites (tertiary alicyclic amines) is 1. The number of carbonyl (C=O) groups is 1. The molecule has 5 nitrogen and oxygen atoms in total. The number of halogens is 1. The van der Waals surface area contributed by atoms with Gasteiger partial charge in [0.1, 0.15) is 5.75 Å². The van der Waals surface area contributed by atoms with Gasteiger partial charge in [0.15, 0.2) is 0 Å². The van der Waals surface area contributed by atoms with Crippen molar-refractivity contribution in [3.63, 3.8) is 0 Å². The maximum absolute atomic E-state index is 11.8. The Morgan fingerprint density at radius 2 is 2.35 bits per heavy atom. The molecule has 1 aromatic rings. The minimum absolute atomic E-state index is 0.426. The summed E-state index contributed by atoms with van der Waals surface area (Å²) in [5.41, 5.74) is 0.666. The number of benzene rings is 1. The summed E-state index contributed by atoms with van der Waals surface area (Å²) in [5, 5.41) is 2.72. The van der Waals surface area contributed by atoms with Gasteiger partial charge in [-0.1, -0.05) is 0 Å². The van der Waals surface area contributed by atoms with Crippen molar-refractivity contribution in [2.45, 2.75) is 6.42 Å². The third kappa shape index (κ3) is 4.11. The van der Waals surface area contributed by atoms with Gasteiger partial charge in [-0.3, -0.25) is 5.32 Å². The second kappa shape index (κ2) is 6.95. The van der Waals surface area contributed by atoms with Crippen LogP contribution >= 0.6 is 15.9 Å². The lowest BCUT2D eigenvalue weighted by Gasteiger charge is -2.13. The number of carbonyl (C=O) groups excluding carboxylic acids is 1. The van der Waals surface area contributed by atoms with Crippen molar-refractivity contribution in [3.8, 4) is 5.75 Å². The summed E-state index contributed by atoms with van der Waals surface area (Å²) in [6.07, 6.45) is 0.654. The van der Waals surface area contributed by atoms with Crippen molar-refractivity contribution >= 4 is 27.7 Å². The summed E-state index contributed by atoms with van der Waals surface area (Å²) in [6, 6.07) is 5.35. The first-order valence-corrected chi connectivity index (χ1v) is 7.33. The minimum atomic E-state index is -0.426. The number of amides is 1. The second-order valence-corrected chi connectivity index (χ2v) is 5.84. The molecule has 6 heteroatoms. The van der Waals surface area contributed by atoms with E-state index in [1.54, 1.807) is 25.3 Å². The predicted octanol–water partition coefficient (Wildman–Crippen LogP) is 2.96. The third-order valence-corrected chi connectivity index (χ3v) is 4.01. The van der Waals surface area contributed by atoms with E-state index in [2.05, 4.69) is 33.2 Å². The zero-order chi connectivity index (χ0) is 14.5. The lowest BCUT2D eigenvalue weighted by atomic mass is 10.1. The van der Waals surface area contributed by atoms with Crippen molar-refractivity contribution < 1.29 is 14.3 Å². The van der Waals surface area contributed by atoms with Crippen molar-refractivity contribution in [1.82, 2.24) is 4.90 Å². The van der Waals surface area contributed by atoms with Gasteiger partial charge in [-0.05, 0) is 54.1 Å². The standard InChI is InChI=1S/C14H19BrN2O3/c1-17-6-5-10(8-17)9-20-14(18)16-13-4-3-11(19-2)7-12(13)15/h3-4,7,10H,5-6,8-9H2,1-2H3,(H,16,18)/t10-/m1/s1. The van der Waals surface area contributed by atoms with Crippen molar-refractivity contribution in [2.24, 2.45) is 5.92 Å². The van der Waals surface area contributed by atoms with Crippen LogP contribution in [0.5, 0.6) is 5.75 Å². The van der Waals surface area contributed by atoms with Crippen LogP contribution in [-0.2, 0) is 4.74 Å². The Labute approximate surface area is 127 Å². The molecule has 1 amide bonds. The Morgan fingerprint density at radius 1 is 1.55 bits per heavy atom. The van der Waals surface area contributed by atoms with E-state index in [1.807, 2.05) is 0 Å². The lowest BCUT2D eigenvalue weighted by molar-refractivity contribution is 0.142. The molecule has 1 atom stereocenters. The Morgan fingerprint density at radius 3 is 2.95 bits per heavy atom. The topological polar surface area (TPSA) is 50.8 Å². The van der Waals surface area contributed by atoms with E-state index >= 15 is 0 Å². The van der Waals surface area contributed by atoms with Gasteiger partial charge < -0.3 is 14.4 Å². The summed E-state index contributed by atoms with van der Waals surface area (Å²) >= 11 is 3.38. The van der Waals surface area contributed by atoms with Crippen LogP contribution in [0.3, 0.4) is 0 Å². The van der Waals surface area contributed by atoms with Gasteiger partial charge in [-0.2, -0.15) is 0 Å². The van der Waals surface area contributed by atoms with Gasteiger partial charge in [0.2, 0.25) is 0 Å². The van der Waals surface area contributed by atoms with Crippen LogP contribution in [0.25, 0.3) is 0 Å². The molecule has 0 aliphatic carbocycles. The maximum Gasteiger partial charge on any atom is 0.411 e. The van der Waals surface area contributed by atoms with Gasteiger partial charge in [0, 0.05) is 16.9 Å². The quantitative estimate of drug-likeness (QED) is 0.913. The number of anilines is 1. The minimum Gasteiger partial charge on any atom is -0.497 e. The highest BCUT2D eigenvalue weighted by Crippen LogP contribution is 2.27. The van der Waals surface area contributed by atoms with E-state index in [0.717, 1.165) is 29.7 Å². The summed E-state index contributed by atoms with van der Waals surface area (Å²) < 4.78 is 11.1. The maximum atomic E-state index is 11.8. The second-order valence-electron chi connectivity index (χ2n) is 4.99. The predicted molar refractivity (Wildman–Crippen MR) is 81.3 cm³/mol. The number of methoxy groups -OCH3 is 1. The summed E-state index contributed by atoms with van der Waals surface area (Å²) in [6.45, 7) is 2.52. The zero-order valence-electron chi connectivity index (χ0n) is 11.7. The summed E-state index contributed by atoms with van der Waals surface area (Å²) in [5.74, 6) is 1.16. The molecule has 0 saturated carbocycles. The molecular formula is C14H19BrN2O3. The monoisotopic (exact) mass is 342 g/mol. The highest BCUT2D eigenvalue weighted by atomic mass is 79.9. The Bertz CT molecular complexity index is 481. The number of nitrogens with zero attached hydrogens (tertiary/aromatic N) is 1. The highest BCUT2D eigenvalue weighted by molar-refractivity contribution is 9.10. The van der Waals surface area contributed by atoms with Crippen LogP contribution in [0.15, 0.2) is 22.7 Å². The molecule has 0 bridgehead atoms. The number of ether oxygens (including phenoxy) is 2. The lowest BCUT2D eigenvalue weighted by Crippen LogP contribution is -2.21. The molecule has 0 aromatic heterocycles. The molecule has 110 valence electrons. The Balaban J connectivity index is 1.82.